The molecule has 1 fully saturated rings. The zero-order valence-electron chi connectivity index (χ0n) is 17.0. The van der Waals surface area contributed by atoms with Gasteiger partial charge in [-0.2, -0.15) is 0 Å². The van der Waals surface area contributed by atoms with E-state index in [9.17, 15) is 4.79 Å². The van der Waals surface area contributed by atoms with Gasteiger partial charge in [0.2, 0.25) is 5.89 Å². The van der Waals surface area contributed by atoms with E-state index in [1.807, 2.05) is 46.2 Å². The highest BCUT2D eigenvalue weighted by Crippen LogP contribution is 2.25. The number of carbonyl (C=O) groups excluding carboxylic acids is 1. The molecular weight excluding hydrogens is 396 g/mol. The number of nitrogens with zero attached hydrogens (tertiary/aromatic N) is 6. The van der Waals surface area contributed by atoms with Crippen molar-refractivity contribution in [2.24, 2.45) is 0 Å². The standard InChI is InChI=1S/C22H22N6O3/c29-22(28-10-12-30-13-11-28)27-8-6-16(7-9-27)18-14-23-15-19(24-18)21-26-25-20(31-21)17-4-2-1-3-5-17/h1-6,14-15H,7-13H2. The summed E-state index contributed by atoms with van der Waals surface area (Å²) in [6, 6.07) is 9.66. The molecule has 1 aromatic carbocycles. The lowest BCUT2D eigenvalue weighted by Gasteiger charge is -2.34. The molecule has 158 valence electrons. The van der Waals surface area contributed by atoms with E-state index in [1.54, 1.807) is 12.4 Å². The SMILES string of the molecule is O=C(N1CC=C(c2cncc(-c3nnc(-c4ccccc4)o3)n2)CC1)N1CCOCC1. The molecule has 9 nitrogen and oxygen atoms in total. The topological polar surface area (TPSA) is 97.5 Å². The average molecular weight is 418 g/mol. The molecule has 2 aliphatic rings. The molecule has 1 saturated heterocycles. The quantitative estimate of drug-likeness (QED) is 0.645. The minimum atomic E-state index is 0.0673. The average Bonchev–Trinajstić information content (AvgIpc) is 3.35. The summed E-state index contributed by atoms with van der Waals surface area (Å²) in [7, 11) is 0. The first-order chi connectivity index (χ1) is 15.3. The van der Waals surface area contributed by atoms with Gasteiger partial charge in [0.15, 0.2) is 0 Å². The van der Waals surface area contributed by atoms with Gasteiger partial charge in [0.05, 0.1) is 31.3 Å². The van der Waals surface area contributed by atoms with E-state index in [2.05, 4.69) is 20.2 Å². The summed E-state index contributed by atoms with van der Waals surface area (Å²) in [5.41, 5.74) is 3.20. The van der Waals surface area contributed by atoms with E-state index in [4.69, 9.17) is 9.15 Å². The number of ether oxygens (including phenoxy) is 1. The van der Waals surface area contributed by atoms with Crippen LogP contribution in [-0.4, -0.2) is 75.4 Å². The highest BCUT2D eigenvalue weighted by molar-refractivity contribution is 5.76. The van der Waals surface area contributed by atoms with Crippen molar-refractivity contribution in [3.63, 3.8) is 0 Å². The zero-order chi connectivity index (χ0) is 21.0. The molecule has 2 amide bonds. The lowest BCUT2D eigenvalue weighted by Crippen LogP contribution is -2.49. The molecule has 5 rings (SSSR count). The zero-order valence-corrected chi connectivity index (χ0v) is 17.0. The van der Waals surface area contributed by atoms with Gasteiger partial charge in [-0.1, -0.05) is 24.3 Å². The van der Waals surface area contributed by atoms with Crippen molar-refractivity contribution in [3.8, 4) is 23.0 Å². The molecule has 9 heteroatoms. The van der Waals surface area contributed by atoms with Crippen molar-refractivity contribution in [1.82, 2.24) is 30.0 Å². The molecule has 2 aliphatic heterocycles. The first-order valence-corrected chi connectivity index (χ1v) is 10.3. The summed E-state index contributed by atoms with van der Waals surface area (Å²) in [6.45, 7) is 3.70. The highest BCUT2D eigenvalue weighted by Gasteiger charge is 2.25. The van der Waals surface area contributed by atoms with Gasteiger partial charge in [-0.05, 0) is 24.1 Å². The van der Waals surface area contributed by atoms with Crippen molar-refractivity contribution in [2.45, 2.75) is 6.42 Å². The Balaban J connectivity index is 1.30. The minimum Gasteiger partial charge on any atom is -0.415 e. The van der Waals surface area contributed by atoms with E-state index in [0.29, 0.717) is 63.3 Å². The number of morpholine rings is 1. The third kappa shape index (κ3) is 4.17. The Bertz CT molecular complexity index is 1090. The van der Waals surface area contributed by atoms with Crippen molar-refractivity contribution >= 4 is 11.6 Å². The Hall–Kier alpha value is -3.59. The number of carbonyl (C=O) groups is 1. The number of benzene rings is 1. The summed E-state index contributed by atoms with van der Waals surface area (Å²) >= 11 is 0. The second kappa shape index (κ2) is 8.65. The molecule has 0 bridgehead atoms. The number of urea groups is 1. The molecule has 0 spiro atoms. The van der Waals surface area contributed by atoms with Crippen molar-refractivity contribution in [3.05, 3.63) is 54.5 Å². The van der Waals surface area contributed by atoms with Gasteiger partial charge in [-0.25, -0.2) is 9.78 Å². The summed E-state index contributed by atoms with van der Waals surface area (Å²) in [5.74, 6) is 0.769. The van der Waals surface area contributed by atoms with Crippen LogP contribution in [-0.2, 0) is 4.74 Å². The number of hydrogen-bond acceptors (Lipinski definition) is 7. The molecule has 3 aromatic rings. The van der Waals surface area contributed by atoms with Crippen LogP contribution in [0.3, 0.4) is 0 Å². The van der Waals surface area contributed by atoms with Crippen LogP contribution in [0.15, 0.2) is 53.2 Å². The second-order valence-corrected chi connectivity index (χ2v) is 7.38. The van der Waals surface area contributed by atoms with Crippen LogP contribution < -0.4 is 0 Å². The smallest absolute Gasteiger partial charge is 0.320 e. The fourth-order valence-electron chi connectivity index (χ4n) is 3.68. The fraction of sp³-hybridized carbons (Fsp3) is 0.318. The van der Waals surface area contributed by atoms with Crippen LogP contribution in [0.25, 0.3) is 28.6 Å². The third-order valence-corrected chi connectivity index (χ3v) is 5.39. The third-order valence-electron chi connectivity index (χ3n) is 5.39. The maximum absolute atomic E-state index is 12.7. The van der Waals surface area contributed by atoms with E-state index < -0.39 is 0 Å². The monoisotopic (exact) mass is 418 g/mol. The van der Waals surface area contributed by atoms with Gasteiger partial charge in [0, 0.05) is 31.7 Å². The van der Waals surface area contributed by atoms with E-state index >= 15 is 0 Å². The molecule has 0 saturated carbocycles. The Kier molecular flexibility index (Phi) is 5.40. The number of aromatic nitrogens is 4. The summed E-state index contributed by atoms with van der Waals surface area (Å²) in [6.07, 6.45) is 6.10. The molecule has 0 radical (unpaired) electrons. The second-order valence-electron chi connectivity index (χ2n) is 7.38. The predicted molar refractivity (Wildman–Crippen MR) is 113 cm³/mol. The van der Waals surface area contributed by atoms with Crippen LogP contribution >= 0.6 is 0 Å². The maximum Gasteiger partial charge on any atom is 0.320 e. The molecule has 2 aromatic heterocycles. The summed E-state index contributed by atoms with van der Waals surface area (Å²) in [5, 5.41) is 8.25. The van der Waals surface area contributed by atoms with Crippen LogP contribution in [0.5, 0.6) is 0 Å². The van der Waals surface area contributed by atoms with Gasteiger partial charge >= 0.3 is 6.03 Å². The Morgan fingerprint density at radius 1 is 0.903 bits per heavy atom. The molecule has 0 atom stereocenters. The summed E-state index contributed by atoms with van der Waals surface area (Å²) in [4.78, 5) is 25.4. The van der Waals surface area contributed by atoms with Crippen LogP contribution in [0.1, 0.15) is 12.1 Å². The molecule has 4 heterocycles. The van der Waals surface area contributed by atoms with E-state index in [1.165, 1.54) is 0 Å². The summed E-state index contributed by atoms with van der Waals surface area (Å²) < 4.78 is 11.1. The van der Waals surface area contributed by atoms with Gasteiger partial charge in [-0.3, -0.25) is 4.98 Å². The van der Waals surface area contributed by atoms with Gasteiger partial charge in [0.1, 0.15) is 5.69 Å². The maximum atomic E-state index is 12.7. The first kappa shape index (κ1) is 19.4. The largest absolute Gasteiger partial charge is 0.415 e. The van der Waals surface area contributed by atoms with Gasteiger partial charge in [-0.15, -0.1) is 10.2 Å². The van der Waals surface area contributed by atoms with Crippen molar-refractivity contribution in [1.29, 1.82) is 0 Å². The normalized spacial score (nSPS) is 16.8. The first-order valence-electron chi connectivity index (χ1n) is 10.3. The van der Waals surface area contributed by atoms with Crippen molar-refractivity contribution < 1.29 is 13.9 Å². The molecule has 0 unspecified atom stereocenters. The van der Waals surface area contributed by atoms with Crippen LogP contribution in [0.2, 0.25) is 0 Å². The molecule has 0 N–H and O–H groups in total. The lowest BCUT2D eigenvalue weighted by atomic mass is 10.1. The number of hydrogen-bond donors (Lipinski definition) is 0. The minimum absolute atomic E-state index is 0.0673. The number of rotatable bonds is 3. The molecule has 0 aliphatic carbocycles. The Morgan fingerprint density at radius 2 is 1.68 bits per heavy atom. The van der Waals surface area contributed by atoms with Crippen LogP contribution in [0.4, 0.5) is 4.79 Å². The molecular formula is C22H22N6O3. The predicted octanol–water partition coefficient (Wildman–Crippen LogP) is 2.73. The Labute approximate surface area is 179 Å². The van der Waals surface area contributed by atoms with Crippen molar-refractivity contribution in [2.75, 3.05) is 39.4 Å². The fourth-order valence-corrected chi connectivity index (χ4v) is 3.68. The molecule has 31 heavy (non-hydrogen) atoms. The van der Waals surface area contributed by atoms with E-state index in [-0.39, 0.29) is 6.03 Å². The highest BCUT2D eigenvalue weighted by atomic mass is 16.5. The van der Waals surface area contributed by atoms with Gasteiger partial charge in [0.25, 0.3) is 5.89 Å². The Morgan fingerprint density at radius 3 is 2.45 bits per heavy atom. The van der Waals surface area contributed by atoms with Gasteiger partial charge < -0.3 is 19.0 Å². The van der Waals surface area contributed by atoms with E-state index in [0.717, 1.165) is 16.8 Å². The lowest BCUT2D eigenvalue weighted by molar-refractivity contribution is 0.0441. The number of amides is 2. The van der Waals surface area contributed by atoms with Crippen LogP contribution in [0, 0.1) is 0 Å².